The first kappa shape index (κ1) is 16.5. The van der Waals surface area contributed by atoms with Gasteiger partial charge in [0, 0.05) is 26.2 Å². The molecule has 0 bridgehead atoms. The number of morpholine rings is 2. The molecule has 0 amide bonds. The summed E-state index contributed by atoms with van der Waals surface area (Å²) in [7, 11) is 0. The maximum absolute atomic E-state index is 5.86. The Kier molecular flexibility index (Phi) is 4.20. The number of hydrogen-bond acceptors (Lipinski definition) is 9. The SMILES string of the molecule is C[C@@H]1CN(c2nc3nonc3nc2N2C[C@H](C)O[C@@H](C)C2)C[C@@H](C)O1. The van der Waals surface area contributed by atoms with E-state index in [2.05, 4.69) is 47.8 Å². The molecule has 2 aliphatic heterocycles. The summed E-state index contributed by atoms with van der Waals surface area (Å²) in [5.41, 5.74) is 0.861. The third kappa shape index (κ3) is 3.25. The van der Waals surface area contributed by atoms with E-state index in [0.717, 1.165) is 37.8 Å². The Labute approximate surface area is 146 Å². The van der Waals surface area contributed by atoms with Crippen LogP contribution in [0.2, 0.25) is 0 Å². The molecule has 2 aromatic heterocycles. The maximum Gasteiger partial charge on any atom is 0.245 e. The van der Waals surface area contributed by atoms with E-state index in [1.54, 1.807) is 0 Å². The first-order valence-corrected chi connectivity index (χ1v) is 8.80. The van der Waals surface area contributed by atoms with Gasteiger partial charge in [-0.05, 0) is 38.0 Å². The Balaban J connectivity index is 1.76. The van der Waals surface area contributed by atoms with Crippen molar-refractivity contribution in [3.05, 3.63) is 0 Å². The smallest absolute Gasteiger partial charge is 0.245 e. The van der Waals surface area contributed by atoms with Crippen molar-refractivity contribution >= 4 is 22.9 Å². The molecule has 0 unspecified atom stereocenters. The summed E-state index contributed by atoms with van der Waals surface area (Å²) in [6, 6.07) is 0. The fourth-order valence-corrected chi connectivity index (χ4v) is 3.75. The van der Waals surface area contributed by atoms with Gasteiger partial charge in [-0.25, -0.2) is 14.6 Å². The molecular formula is C16H24N6O3. The molecular weight excluding hydrogens is 324 g/mol. The lowest BCUT2D eigenvalue weighted by Crippen LogP contribution is -2.49. The van der Waals surface area contributed by atoms with Gasteiger partial charge in [-0.15, -0.1) is 0 Å². The van der Waals surface area contributed by atoms with Gasteiger partial charge in [-0.3, -0.25) is 0 Å². The Hall–Kier alpha value is -2.00. The van der Waals surface area contributed by atoms with E-state index in [1.165, 1.54) is 0 Å². The minimum atomic E-state index is 0.132. The van der Waals surface area contributed by atoms with Crippen molar-refractivity contribution in [1.82, 2.24) is 20.3 Å². The van der Waals surface area contributed by atoms with Crippen LogP contribution in [0.4, 0.5) is 11.6 Å². The van der Waals surface area contributed by atoms with Crippen molar-refractivity contribution in [3.63, 3.8) is 0 Å². The molecule has 9 nitrogen and oxygen atoms in total. The molecule has 2 aromatic rings. The fraction of sp³-hybridized carbons (Fsp3) is 0.750. The number of rotatable bonds is 2. The van der Waals surface area contributed by atoms with Crippen molar-refractivity contribution in [2.24, 2.45) is 0 Å². The van der Waals surface area contributed by atoms with Crippen LogP contribution in [0.15, 0.2) is 4.63 Å². The van der Waals surface area contributed by atoms with E-state index < -0.39 is 0 Å². The molecule has 2 fully saturated rings. The predicted octanol–water partition coefficient (Wildman–Crippen LogP) is 1.24. The molecule has 2 aliphatic rings. The van der Waals surface area contributed by atoms with E-state index in [1.807, 2.05) is 0 Å². The minimum Gasteiger partial charge on any atom is -0.372 e. The van der Waals surface area contributed by atoms with Crippen LogP contribution < -0.4 is 9.80 Å². The van der Waals surface area contributed by atoms with Crippen molar-refractivity contribution in [1.29, 1.82) is 0 Å². The molecule has 25 heavy (non-hydrogen) atoms. The highest BCUT2D eigenvalue weighted by molar-refractivity contribution is 5.75. The van der Waals surface area contributed by atoms with Crippen molar-refractivity contribution in [3.8, 4) is 0 Å². The number of fused-ring (bicyclic) bond motifs is 1. The maximum atomic E-state index is 5.86. The van der Waals surface area contributed by atoms with Crippen LogP contribution in [0.1, 0.15) is 27.7 Å². The summed E-state index contributed by atoms with van der Waals surface area (Å²) in [6.45, 7) is 11.3. The van der Waals surface area contributed by atoms with E-state index in [9.17, 15) is 0 Å². The van der Waals surface area contributed by atoms with E-state index >= 15 is 0 Å². The topological polar surface area (TPSA) is 89.6 Å². The van der Waals surface area contributed by atoms with Gasteiger partial charge in [-0.2, -0.15) is 0 Å². The highest BCUT2D eigenvalue weighted by Gasteiger charge is 2.31. The van der Waals surface area contributed by atoms with Crippen molar-refractivity contribution < 1.29 is 14.1 Å². The van der Waals surface area contributed by atoms with Gasteiger partial charge in [0.05, 0.1) is 24.4 Å². The Bertz CT molecular complexity index is 673. The molecule has 4 heterocycles. The molecule has 0 N–H and O–H groups in total. The Morgan fingerprint density at radius 1 is 0.680 bits per heavy atom. The van der Waals surface area contributed by atoms with Gasteiger partial charge in [0.2, 0.25) is 11.3 Å². The van der Waals surface area contributed by atoms with Gasteiger partial charge in [0.25, 0.3) is 0 Å². The van der Waals surface area contributed by atoms with Crippen LogP contribution in [0, 0.1) is 0 Å². The summed E-state index contributed by atoms with van der Waals surface area (Å²) in [5, 5.41) is 7.74. The molecule has 0 aliphatic carbocycles. The van der Waals surface area contributed by atoms with E-state index in [4.69, 9.17) is 24.1 Å². The second kappa shape index (κ2) is 6.38. The summed E-state index contributed by atoms with van der Waals surface area (Å²) < 4.78 is 16.5. The van der Waals surface area contributed by atoms with Crippen LogP contribution in [0.25, 0.3) is 11.3 Å². The zero-order chi connectivity index (χ0) is 17.6. The van der Waals surface area contributed by atoms with Gasteiger partial charge < -0.3 is 19.3 Å². The normalized spacial score (nSPS) is 30.9. The Morgan fingerprint density at radius 2 is 1.04 bits per heavy atom. The van der Waals surface area contributed by atoms with Crippen LogP contribution in [-0.2, 0) is 9.47 Å². The zero-order valence-corrected chi connectivity index (χ0v) is 15.0. The summed E-state index contributed by atoms with van der Waals surface area (Å²) in [5.74, 6) is 1.62. The van der Waals surface area contributed by atoms with Crippen LogP contribution >= 0.6 is 0 Å². The summed E-state index contributed by atoms with van der Waals surface area (Å²) in [4.78, 5) is 13.9. The summed E-state index contributed by atoms with van der Waals surface area (Å²) in [6.07, 6.45) is 0.526. The van der Waals surface area contributed by atoms with Gasteiger partial charge in [0.1, 0.15) is 0 Å². The molecule has 0 saturated carbocycles. The van der Waals surface area contributed by atoms with Crippen LogP contribution in [0.3, 0.4) is 0 Å². The van der Waals surface area contributed by atoms with Gasteiger partial charge in [0.15, 0.2) is 11.6 Å². The standard InChI is InChI=1S/C16H24N6O3/c1-9-5-21(6-10(2)23-9)15-16(18-14-13(17-15)19-25-20-14)22-7-11(3)24-12(4)8-22/h9-12H,5-8H2,1-4H3/t9-,10-,11+,12+. The largest absolute Gasteiger partial charge is 0.372 e. The first-order chi connectivity index (χ1) is 12.0. The summed E-state index contributed by atoms with van der Waals surface area (Å²) >= 11 is 0. The molecule has 4 atom stereocenters. The second-order valence-electron chi connectivity index (χ2n) is 7.11. The minimum absolute atomic E-state index is 0.132. The first-order valence-electron chi connectivity index (χ1n) is 8.80. The third-order valence-electron chi connectivity index (χ3n) is 4.52. The number of hydrogen-bond donors (Lipinski definition) is 0. The quantitative estimate of drug-likeness (QED) is 0.795. The van der Waals surface area contributed by atoms with Crippen molar-refractivity contribution in [2.45, 2.75) is 52.1 Å². The molecule has 9 heteroatoms. The zero-order valence-electron chi connectivity index (χ0n) is 15.0. The molecule has 4 rings (SSSR count). The molecule has 2 saturated heterocycles. The second-order valence-corrected chi connectivity index (χ2v) is 7.11. The number of nitrogens with zero attached hydrogens (tertiary/aromatic N) is 6. The monoisotopic (exact) mass is 348 g/mol. The van der Waals surface area contributed by atoms with Crippen LogP contribution in [-0.4, -0.2) is 70.9 Å². The van der Waals surface area contributed by atoms with E-state index in [0.29, 0.717) is 11.3 Å². The highest BCUT2D eigenvalue weighted by Crippen LogP contribution is 2.31. The van der Waals surface area contributed by atoms with Gasteiger partial charge >= 0.3 is 0 Å². The van der Waals surface area contributed by atoms with Gasteiger partial charge in [-0.1, -0.05) is 0 Å². The highest BCUT2D eigenvalue weighted by atomic mass is 16.6. The number of ether oxygens (including phenoxy) is 2. The molecule has 0 aromatic carbocycles. The third-order valence-corrected chi connectivity index (χ3v) is 4.52. The fourth-order valence-electron chi connectivity index (χ4n) is 3.75. The molecule has 136 valence electrons. The van der Waals surface area contributed by atoms with Crippen molar-refractivity contribution in [2.75, 3.05) is 36.0 Å². The predicted molar refractivity (Wildman–Crippen MR) is 91.8 cm³/mol. The number of aromatic nitrogens is 4. The van der Waals surface area contributed by atoms with E-state index in [-0.39, 0.29) is 24.4 Å². The molecule has 0 spiro atoms. The lowest BCUT2D eigenvalue weighted by molar-refractivity contribution is -0.00721. The number of anilines is 2. The lowest BCUT2D eigenvalue weighted by Gasteiger charge is -2.40. The lowest BCUT2D eigenvalue weighted by atomic mass is 10.2. The Morgan fingerprint density at radius 3 is 1.40 bits per heavy atom. The average molecular weight is 348 g/mol. The average Bonchev–Trinajstić information content (AvgIpc) is 2.99. The van der Waals surface area contributed by atoms with Crippen LogP contribution in [0.5, 0.6) is 0 Å². The molecule has 0 radical (unpaired) electrons.